The first-order chi connectivity index (χ1) is 13.8. The Kier molecular flexibility index (Phi) is 3.96. The van der Waals surface area contributed by atoms with Gasteiger partial charge in [0.15, 0.2) is 9.84 Å². The first-order valence-electron chi connectivity index (χ1n) is 9.75. The van der Waals surface area contributed by atoms with Gasteiger partial charge in [-0.15, -0.1) is 0 Å². The van der Waals surface area contributed by atoms with Gasteiger partial charge in [0.25, 0.3) is 5.56 Å². The molecule has 1 aliphatic carbocycles. The van der Waals surface area contributed by atoms with Crippen molar-refractivity contribution < 1.29 is 8.42 Å². The van der Waals surface area contributed by atoms with Crippen molar-refractivity contribution in [2.45, 2.75) is 24.3 Å². The van der Waals surface area contributed by atoms with E-state index in [1.807, 2.05) is 48.7 Å². The molecule has 0 bridgehead atoms. The number of fused-ring (bicyclic) bond motifs is 2. The number of aryl methyl sites for hydroxylation is 1. The van der Waals surface area contributed by atoms with Crippen LogP contribution in [0.5, 0.6) is 0 Å². The molecule has 6 heteroatoms. The van der Waals surface area contributed by atoms with Gasteiger partial charge in [0.2, 0.25) is 0 Å². The van der Waals surface area contributed by atoms with Gasteiger partial charge in [-0.1, -0.05) is 24.3 Å². The molecule has 0 radical (unpaired) electrons. The normalized spacial score (nSPS) is 14.7. The maximum Gasteiger partial charge on any atom is 0.258 e. The molecule has 0 atom stereocenters. The minimum atomic E-state index is -3.35. The average molecular weight is 407 g/mol. The van der Waals surface area contributed by atoms with Crippen LogP contribution in [-0.4, -0.2) is 23.8 Å². The van der Waals surface area contributed by atoms with E-state index in [1.54, 1.807) is 17.7 Å². The molecule has 0 saturated heterocycles. The molecule has 0 spiro atoms. The molecule has 0 aliphatic heterocycles. The minimum absolute atomic E-state index is 0.0361. The third-order valence-electron chi connectivity index (χ3n) is 5.81. The SMILES string of the molecule is Cn1cc(-c2cc3c(S(C)(=O)=O)cccc3n2CC2CC2)c2ccccc2c1=O. The van der Waals surface area contributed by atoms with Crippen LogP contribution >= 0.6 is 0 Å². The average Bonchev–Trinajstić information content (AvgIpc) is 3.44. The molecule has 1 saturated carbocycles. The van der Waals surface area contributed by atoms with E-state index in [2.05, 4.69) is 4.57 Å². The smallest absolute Gasteiger partial charge is 0.258 e. The molecule has 5 nitrogen and oxygen atoms in total. The first-order valence-corrected chi connectivity index (χ1v) is 11.6. The van der Waals surface area contributed by atoms with E-state index in [4.69, 9.17) is 0 Å². The Hall–Kier alpha value is -2.86. The van der Waals surface area contributed by atoms with Crippen LogP contribution in [0, 0.1) is 5.92 Å². The summed E-state index contributed by atoms with van der Waals surface area (Å²) in [6.07, 6.45) is 5.50. The highest BCUT2D eigenvalue weighted by atomic mass is 32.2. The summed E-state index contributed by atoms with van der Waals surface area (Å²) in [5.41, 5.74) is 2.78. The fraction of sp³-hybridized carbons (Fsp3) is 0.261. The van der Waals surface area contributed by atoms with Crippen LogP contribution in [-0.2, 0) is 23.4 Å². The van der Waals surface area contributed by atoms with Gasteiger partial charge in [0, 0.05) is 47.9 Å². The van der Waals surface area contributed by atoms with Crippen LogP contribution in [0.25, 0.3) is 32.9 Å². The fourth-order valence-electron chi connectivity index (χ4n) is 4.18. The lowest BCUT2D eigenvalue weighted by molar-refractivity contribution is 0.602. The summed E-state index contributed by atoms with van der Waals surface area (Å²) < 4.78 is 28.6. The van der Waals surface area contributed by atoms with Crippen LogP contribution in [0.2, 0.25) is 0 Å². The zero-order valence-electron chi connectivity index (χ0n) is 16.4. The van der Waals surface area contributed by atoms with E-state index in [0.29, 0.717) is 16.2 Å². The second kappa shape index (κ2) is 6.32. The van der Waals surface area contributed by atoms with Crippen LogP contribution in [0.3, 0.4) is 0 Å². The maximum atomic E-state index is 12.6. The molecule has 1 aliphatic rings. The summed E-state index contributed by atoms with van der Waals surface area (Å²) in [6.45, 7) is 0.850. The number of hydrogen-bond acceptors (Lipinski definition) is 3. The van der Waals surface area contributed by atoms with Crippen molar-refractivity contribution in [3.63, 3.8) is 0 Å². The number of aromatic nitrogens is 2. The minimum Gasteiger partial charge on any atom is -0.340 e. The summed E-state index contributed by atoms with van der Waals surface area (Å²) in [4.78, 5) is 13.0. The lowest BCUT2D eigenvalue weighted by Gasteiger charge is -2.14. The zero-order chi connectivity index (χ0) is 20.3. The predicted molar refractivity (Wildman–Crippen MR) is 116 cm³/mol. The van der Waals surface area contributed by atoms with E-state index < -0.39 is 9.84 Å². The van der Waals surface area contributed by atoms with Gasteiger partial charge >= 0.3 is 0 Å². The van der Waals surface area contributed by atoms with Gasteiger partial charge in [-0.05, 0) is 48.4 Å². The number of sulfone groups is 1. The Balaban J connectivity index is 1.90. The lowest BCUT2D eigenvalue weighted by atomic mass is 10.0. The predicted octanol–water partition coefficient (Wildman–Crippen LogP) is 3.97. The first kappa shape index (κ1) is 18.2. The molecular formula is C23H22N2O3S. The standard InChI is InChI=1S/C23H22N2O3S/c1-24-14-19(16-6-3-4-7-17(16)23(24)26)21-12-18-20(25(21)13-15-10-11-15)8-5-9-22(18)29(2,27)28/h3-9,12,14-15H,10-11,13H2,1-2H3. The fourth-order valence-corrected chi connectivity index (χ4v) is 5.07. The Morgan fingerprint density at radius 3 is 2.41 bits per heavy atom. The number of hydrogen-bond donors (Lipinski definition) is 0. The molecule has 148 valence electrons. The number of nitrogens with zero attached hydrogens (tertiary/aromatic N) is 2. The quantitative estimate of drug-likeness (QED) is 0.515. The van der Waals surface area contributed by atoms with Crippen molar-refractivity contribution >= 4 is 31.5 Å². The monoisotopic (exact) mass is 406 g/mol. The highest BCUT2D eigenvalue weighted by molar-refractivity contribution is 7.91. The van der Waals surface area contributed by atoms with Crippen LogP contribution in [0.1, 0.15) is 12.8 Å². The van der Waals surface area contributed by atoms with Crippen molar-refractivity contribution in [1.29, 1.82) is 0 Å². The third-order valence-corrected chi connectivity index (χ3v) is 6.96. The van der Waals surface area contributed by atoms with Gasteiger partial charge in [-0.2, -0.15) is 0 Å². The topological polar surface area (TPSA) is 61.1 Å². The van der Waals surface area contributed by atoms with Gasteiger partial charge in [0.1, 0.15) is 0 Å². The molecule has 0 N–H and O–H groups in total. The third kappa shape index (κ3) is 2.99. The number of benzene rings is 2. The van der Waals surface area contributed by atoms with Crippen molar-refractivity contribution in [2.24, 2.45) is 13.0 Å². The summed E-state index contributed by atoms with van der Waals surface area (Å²) >= 11 is 0. The van der Waals surface area contributed by atoms with Crippen LogP contribution < -0.4 is 5.56 Å². The molecule has 5 rings (SSSR count). The summed E-state index contributed by atoms with van der Waals surface area (Å²) in [7, 11) is -1.60. The van der Waals surface area contributed by atoms with Gasteiger partial charge in [-0.3, -0.25) is 4.79 Å². The van der Waals surface area contributed by atoms with Gasteiger partial charge in [0.05, 0.1) is 10.6 Å². The van der Waals surface area contributed by atoms with Crippen LogP contribution in [0.15, 0.2) is 64.4 Å². The zero-order valence-corrected chi connectivity index (χ0v) is 17.2. The molecule has 4 aromatic rings. The summed E-state index contributed by atoms with van der Waals surface area (Å²) in [6, 6.07) is 15.0. The highest BCUT2D eigenvalue weighted by Crippen LogP contribution is 2.38. The van der Waals surface area contributed by atoms with Gasteiger partial charge < -0.3 is 9.13 Å². The molecule has 0 amide bonds. The number of pyridine rings is 1. The van der Waals surface area contributed by atoms with E-state index in [1.165, 1.54) is 19.1 Å². The van der Waals surface area contributed by atoms with Crippen molar-refractivity contribution in [3.8, 4) is 11.3 Å². The molecule has 0 unspecified atom stereocenters. The molecule has 29 heavy (non-hydrogen) atoms. The highest BCUT2D eigenvalue weighted by Gasteiger charge is 2.26. The molecule has 2 heterocycles. The molecule has 2 aromatic carbocycles. The van der Waals surface area contributed by atoms with Crippen molar-refractivity contribution in [3.05, 3.63) is 65.1 Å². The van der Waals surface area contributed by atoms with E-state index in [-0.39, 0.29) is 5.56 Å². The molecule has 1 fully saturated rings. The maximum absolute atomic E-state index is 12.6. The van der Waals surface area contributed by atoms with Crippen molar-refractivity contribution in [1.82, 2.24) is 9.13 Å². The van der Waals surface area contributed by atoms with Gasteiger partial charge in [-0.25, -0.2) is 8.42 Å². The van der Waals surface area contributed by atoms with E-state index in [9.17, 15) is 13.2 Å². The largest absolute Gasteiger partial charge is 0.340 e. The second-order valence-electron chi connectivity index (χ2n) is 8.05. The van der Waals surface area contributed by atoms with E-state index in [0.717, 1.165) is 34.1 Å². The molecule has 2 aromatic heterocycles. The van der Waals surface area contributed by atoms with E-state index >= 15 is 0 Å². The Morgan fingerprint density at radius 1 is 1.00 bits per heavy atom. The summed E-state index contributed by atoms with van der Waals surface area (Å²) in [5, 5.41) is 2.29. The summed E-state index contributed by atoms with van der Waals surface area (Å²) in [5.74, 6) is 0.616. The second-order valence-corrected chi connectivity index (χ2v) is 10.0. The Bertz CT molecular complexity index is 1440. The lowest BCUT2D eigenvalue weighted by Crippen LogP contribution is -2.17. The Labute approximate surface area is 169 Å². The van der Waals surface area contributed by atoms with Crippen molar-refractivity contribution in [2.75, 3.05) is 6.26 Å². The number of rotatable bonds is 4. The van der Waals surface area contributed by atoms with Crippen LogP contribution in [0.4, 0.5) is 0 Å². The Morgan fingerprint density at radius 2 is 1.72 bits per heavy atom. The molecular weight excluding hydrogens is 384 g/mol.